The molecule has 50 heavy (non-hydrogen) atoms. The summed E-state index contributed by atoms with van der Waals surface area (Å²) in [5.41, 5.74) is 4.59. The van der Waals surface area contributed by atoms with Gasteiger partial charge in [0.1, 0.15) is 11.2 Å². The highest BCUT2D eigenvalue weighted by Crippen LogP contribution is 2.46. The minimum absolute atomic E-state index is 0.00123. The van der Waals surface area contributed by atoms with Crippen LogP contribution >= 0.6 is 0 Å². The van der Waals surface area contributed by atoms with Crippen molar-refractivity contribution in [2.45, 2.75) is 6.92 Å². The van der Waals surface area contributed by atoms with Gasteiger partial charge in [-0.3, -0.25) is 0 Å². The number of furan rings is 1. The summed E-state index contributed by atoms with van der Waals surface area (Å²) in [6.45, 7) is 1.52. The van der Waals surface area contributed by atoms with Crippen LogP contribution in [0.2, 0.25) is 0 Å². The summed E-state index contributed by atoms with van der Waals surface area (Å²) in [5.74, 6) is 0. The third-order valence-electron chi connectivity index (χ3n) is 9.65. The molecule has 0 atom stereocenters. The smallest absolute Gasteiger partial charge is 0.136 e. The molecule has 1 aromatic heterocycles. The van der Waals surface area contributed by atoms with E-state index in [1.165, 1.54) is 12.3 Å². The minimum atomic E-state index is -0.584. The highest BCUT2D eigenvalue weighted by molar-refractivity contribution is 6.22. The predicted octanol–water partition coefficient (Wildman–Crippen LogP) is 14.0. The Balaban J connectivity index is 1.25. The Kier molecular flexibility index (Phi) is 4.57. The predicted molar refractivity (Wildman–Crippen MR) is 213 cm³/mol. The number of fused-ring (bicyclic) bond motifs is 6. The molecule has 10 rings (SSSR count). The third kappa shape index (κ3) is 4.41. The summed E-state index contributed by atoms with van der Waals surface area (Å²) in [6.07, 6.45) is 0. The standard InChI is InChI=1S/C49H32O/c1-31-22-29-44-49(46(31)34-13-3-2-4-14-34)43-28-27-36(30-45(43)50-44)48-41-19-9-7-17-39(41)47(40-18-8-10-20-42(40)48)35-25-23-33(24-26-35)38-21-11-15-32-12-5-6-16-37(32)38/h2-30H,1H3/i2D,3D,4D,13D,14D,22D,27D,28D,29D,30D. The Morgan fingerprint density at radius 3 is 1.72 bits per heavy atom. The van der Waals surface area contributed by atoms with Crippen molar-refractivity contribution in [3.05, 3.63) is 181 Å². The second-order valence-corrected chi connectivity index (χ2v) is 12.5. The maximum absolute atomic E-state index is 9.75. The Hall–Kier alpha value is -6.44. The molecule has 0 saturated heterocycles. The van der Waals surface area contributed by atoms with Gasteiger partial charge in [0.05, 0.1) is 13.7 Å². The van der Waals surface area contributed by atoms with Crippen LogP contribution in [0.25, 0.3) is 98.8 Å². The molecule has 0 unspecified atom stereocenters. The van der Waals surface area contributed by atoms with Gasteiger partial charge < -0.3 is 4.42 Å². The first-order chi connectivity index (χ1) is 28.9. The second kappa shape index (κ2) is 11.3. The monoisotopic (exact) mass is 646 g/mol. The largest absolute Gasteiger partial charge is 0.456 e. The normalized spacial score (nSPS) is 14.5. The van der Waals surface area contributed by atoms with Gasteiger partial charge in [-0.05, 0) is 107 Å². The quantitative estimate of drug-likeness (QED) is 0.173. The van der Waals surface area contributed by atoms with Crippen LogP contribution in [-0.4, -0.2) is 0 Å². The van der Waals surface area contributed by atoms with Crippen molar-refractivity contribution in [1.29, 1.82) is 0 Å². The highest BCUT2D eigenvalue weighted by Gasteiger charge is 2.19. The molecule has 0 radical (unpaired) electrons. The van der Waals surface area contributed by atoms with Crippen molar-refractivity contribution in [3.63, 3.8) is 0 Å². The molecule has 0 N–H and O–H groups in total. The van der Waals surface area contributed by atoms with Crippen molar-refractivity contribution in [1.82, 2.24) is 0 Å². The van der Waals surface area contributed by atoms with Gasteiger partial charge in [0.15, 0.2) is 0 Å². The summed E-state index contributed by atoms with van der Waals surface area (Å²) >= 11 is 0. The van der Waals surface area contributed by atoms with Gasteiger partial charge in [-0.25, -0.2) is 0 Å². The van der Waals surface area contributed by atoms with Crippen LogP contribution in [0.3, 0.4) is 0 Å². The molecule has 0 aliphatic rings. The van der Waals surface area contributed by atoms with Crippen molar-refractivity contribution in [3.8, 4) is 44.5 Å². The van der Waals surface area contributed by atoms with Gasteiger partial charge in [0.25, 0.3) is 0 Å². The lowest BCUT2D eigenvalue weighted by atomic mass is 9.85. The average molecular weight is 647 g/mol. The molecule has 0 spiro atoms. The number of hydrogen-bond donors (Lipinski definition) is 0. The van der Waals surface area contributed by atoms with Gasteiger partial charge in [-0.2, -0.15) is 0 Å². The lowest BCUT2D eigenvalue weighted by Crippen LogP contribution is -1.91. The van der Waals surface area contributed by atoms with Crippen LogP contribution in [0.1, 0.15) is 19.3 Å². The first-order valence-electron chi connectivity index (χ1n) is 21.5. The van der Waals surface area contributed by atoms with E-state index in [2.05, 4.69) is 54.6 Å². The van der Waals surface area contributed by atoms with E-state index in [1.807, 2.05) is 60.7 Å². The van der Waals surface area contributed by atoms with Gasteiger partial charge in [-0.1, -0.05) is 158 Å². The molecular formula is C49H32O. The summed E-state index contributed by atoms with van der Waals surface area (Å²) in [6, 6.07) is 34.6. The van der Waals surface area contributed by atoms with Crippen molar-refractivity contribution >= 4 is 54.3 Å². The van der Waals surface area contributed by atoms with Crippen molar-refractivity contribution < 1.29 is 18.1 Å². The number of rotatable bonds is 4. The van der Waals surface area contributed by atoms with E-state index in [4.69, 9.17) is 14.0 Å². The molecule has 1 heteroatoms. The molecular weight excluding hydrogens is 605 g/mol. The van der Waals surface area contributed by atoms with Crippen molar-refractivity contribution in [2.24, 2.45) is 0 Å². The van der Waals surface area contributed by atoms with Gasteiger partial charge in [-0.15, -0.1) is 0 Å². The zero-order valence-electron chi connectivity index (χ0n) is 36.9. The molecule has 0 fully saturated rings. The fraction of sp³-hybridized carbons (Fsp3) is 0.0204. The van der Waals surface area contributed by atoms with E-state index >= 15 is 0 Å². The molecule has 0 bridgehead atoms. The van der Waals surface area contributed by atoms with Gasteiger partial charge in [0, 0.05) is 10.8 Å². The Morgan fingerprint density at radius 2 is 1.02 bits per heavy atom. The van der Waals surface area contributed by atoms with Crippen molar-refractivity contribution in [2.75, 3.05) is 0 Å². The van der Waals surface area contributed by atoms with E-state index in [0.717, 1.165) is 49.2 Å². The highest BCUT2D eigenvalue weighted by atomic mass is 16.3. The molecule has 1 nitrogen and oxygen atoms in total. The number of benzene rings is 9. The molecule has 9 aromatic carbocycles. The summed E-state index contributed by atoms with van der Waals surface area (Å²) < 4.78 is 95.5. The van der Waals surface area contributed by atoms with Crippen LogP contribution in [-0.2, 0) is 0 Å². The minimum Gasteiger partial charge on any atom is -0.456 e. The van der Waals surface area contributed by atoms with Crippen LogP contribution in [0.15, 0.2) is 180 Å². The molecule has 10 aromatic rings. The van der Waals surface area contributed by atoms with E-state index < -0.39 is 30.2 Å². The van der Waals surface area contributed by atoms with Gasteiger partial charge >= 0.3 is 0 Å². The van der Waals surface area contributed by atoms with E-state index in [-0.39, 0.29) is 74.4 Å². The maximum atomic E-state index is 9.75. The first kappa shape index (κ1) is 20.2. The molecule has 0 aliphatic carbocycles. The second-order valence-electron chi connectivity index (χ2n) is 12.5. The lowest BCUT2D eigenvalue weighted by Gasteiger charge is -2.18. The zero-order valence-corrected chi connectivity index (χ0v) is 26.9. The van der Waals surface area contributed by atoms with Crippen LogP contribution < -0.4 is 0 Å². The number of hydrogen-bond acceptors (Lipinski definition) is 1. The Morgan fingerprint density at radius 1 is 0.420 bits per heavy atom. The fourth-order valence-electron chi connectivity index (χ4n) is 7.45. The first-order valence-corrected chi connectivity index (χ1v) is 16.5. The zero-order chi connectivity index (χ0) is 41.9. The summed E-state index contributed by atoms with van der Waals surface area (Å²) in [7, 11) is 0. The van der Waals surface area contributed by atoms with Crippen LogP contribution in [0.4, 0.5) is 0 Å². The third-order valence-corrected chi connectivity index (χ3v) is 9.65. The van der Waals surface area contributed by atoms with E-state index in [9.17, 15) is 4.11 Å². The summed E-state index contributed by atoms with van der Waals surface area (Å²) in [5, 5.41) is 5.65. The van der Waals surface area contributed by atoms with E-state index in [1.54, 1.807) is 0 Å². The fourth-order valence-corrected chi connectivity index (χ4v) is 7.45. The Labute approximate surface area is 304 Å². The Bertz CT molecular complexity index is 3410. The van der Waals surface area contributed by atoms with Crippen LogP contribution in [0, 0.1) is 6.92 Å². The lowest BCUT2D eigenvalue weighted by molar-refractivity contribution is 0.669. The van der Waals surface area contributed by atoms with Crippen LogP contribution in [0.5, 0.6) is 0 Å². The SMILES string of the molecule is [2H]c1c([2H])c([2H])c(-c2c(C)c([2H])c([2H])c3oc4c([2H])c(-c5c6ccccc6c(-c6ccc(-c7cccc8ccccc78)cc6)c6ccccc56)c([2H])c([2H])c4c23)c([2H])c1[2H]. The van der Waals surface area contributed by atoms with E-state index in [0.29, 0.717) is 5.56 Å². The molecule has 234 valence electrons. The molecule has 1 heterocycles. The van der Waals surface area contributed by atoms with Gasteiger partial charge in [0.2, 0.25) is 0 Å². The summed E-state index contributed by atoms with van der Waals surface area (Å²) in [4.78, 5) is 0. The topological polar surface area (TPSA) is 13.1 Å². The maximum Gasteiger partial charge on any atom is 0.136 e. The molecule has 0 saturated carbocycles. The molecule has 0 amide bonds. The molecule has 0 aliphatic heterocycles. The average Bonchev–Trinajstić information content (AvgIpc) is 3.68.